The van der Waals surface area contributed by atoms with Crippen molar-refractivity contribution in [1.82, 2.24) is 4.98 Å². The van der Waals surface area contributed by atoms with E-state index in [-0.39, 0.29) is 25.3 Å². The third-order valence-corrected chi connectivity index (χ3v) is 5.85. The summed E-state index contributed by atoms with van der Waals surface area (Å²) >= 11 is 0. The lowest BCUT2D eigenvalue weighted by Gasteiger charge is -2.16. The number of aromatic nitrogens is 1. The summed E-state index contributed by atoms with van der Waals surface area (Å²) in [5.74, 6) is -0.126. The van der Waals surface area contributed by atoms with Crippen molar-refractivity contribution in [2.24, 2.45) is 0 Å². The first-order chi connectivity index (χ1) is 13.8. The highest BCUT2D eigenvalue weighted by Crippen LogP contribution is 2.51. The normalized spacial score (nSPS) is 16.8. The van der Waals surface area contributed by atoms with Gasteiger partial charge in [-0.25, -0.2) is 4.39 Å². The number of H-pyrrole nitrogens is 1. The summed E-state index contributed by atoms with van der Waals surface area (Å²) in [6, 6.07) is 11.1. The van der Waals surface area contributed by atoms with Crippen molar-refractivity contribution in [3.63, 3.8) is 0 Å². The summed E-state index contributed by atoms with van der Waals surface area (Å²) in [4.78, 5) is 16.5. The predicted octanol–water partition coefficient (Wildman–Crippen LogP) is 5.25. The summed E-state index contributed by atoms with van der Waals surface area (Å²) < 4.78 is 24.8. The van der Waals surface area contributed by atoms with Crippen molar-refractivity contribution < 1.29 is 20.1 Å². The maximum atomic E-state index is 14.3. The van der Waals surface area contributed by atoms with Gasteiger partial charge in [0.15, 0.2) is 11.6 Å². The average molecular weight is 396 g/mol. The van der Waals surface area contributed by atoms with Crippen molar-refractivity contribution in [3.8, 4) is 11.5 Å². The first-order valence-corrected chi connectivity index (χ1v) is 9.81. The van der Waals surface area contributed by atoms with Crippen LogP contribution in [-0.4, -0.2) is 17.7 Å². The number of halogens is 1. The second kappa shape index (κ2) is 5.99. The molecule has 152 valence electrons. The third kappa shape index (κ3) is 2.94. The standard InChI is InChI=1S/C23H23FN2O3.H2/c1-22(2,3)19-9-13-8-15(4-5-17(13)26-19)25-21(27)23(6-7-23)14-10-16(24)20-18(11-14)28-12-29-20;/h4-5,8-11,26H,6-7,12H2,1-3H3,(H,25,27);1H. The van der Waals surface area contributed by atoms with Gasteiger partial charge in [0.05, 0.1) is 5.41 Å². The molecular formula is C23H25FN2O3. The van der Waals surface area contributed by atoms with Crippen molar-refractivity contribution >= 4 is 22.5 Å². The Labute approximate surface area is 169 Å². The van der Waals surface area contributed by atoms with Crippen LogP contribution in [0.5, 0.6) is 11.5 Å². The van der Waals surface area contributed by atoms with Crippen molar-refractivity contribution in [2.45, 2.75) is 44.4 Å². The molecule has 1 fully saturated rings. The van der Waals surface area contributed by atoms with Gasteiger partial charge in [-0.3, -0.25) is 4.79 Å². The minimum atomic E-state index is -0.717. The van der Waals surface area contributed by atoms with Crippen LogP contribution < -0.4 is 14.8 Å². The number of aromatic amines is 1. The Morgan fingerprint density at radius 3 is 2.69 bits per heavy atom. The zero-order chi connectivity index (χ0) is 20.4. The summed E-state index contributed by atoms with van der Waals surface area (Å²) in [5, 5.41) is 4.07. The van der Waals surface area contributed by atoms with Crippen molar-refractivity contribution in [2.75, 3.05) is 12.1 Å². The fourth-order valence-electron chi connectivity index (χ4n) is 3.88. The molecule has 3 aromatic rings. The molecule has 0 bridgehead atoms. The molecule has 2 aliphatic rings. The Morgan fingerprint density at radius 1 is 1.17 bits per heavy atom. The van der Waals surface area contributed by atoms with E-state index in [1.807, 2.05) is 18.2 Å². The molecule has 1 amide bonds. The van der Waals surface area contributed by atoms with Gasteiger partial charge in [0, 0.05) is 29.1 Å². The number of carbonyl (C=O) groups is 1. The van der Waals surface area contributed by atoms with Crippen LogP contribution >= 0.6 is 0 Å². The summed E-state index contributed by atoms with van der Waals surface area (Å²) in [6.07, 6.45) is 1.36. The molecule has 1 saturated carbocycles. The van der Waals surface area contributed by atoms with Gasteiger partial charge < -0.3 is 19.8 Å². The second-order valence-corrected chi connectivity index (χ2v) is 8.96. The van der Waals surface area contributed by atoms with Gasteiger partial charge in [-0.05, 0) is 54.8 Å². The lowest BCUT2D eigenvalue weighted by molar-refractivity contribution is -0.118. The molecule has 2 heterocycles. The minimum absolute atomic E-state index is 0. The predicted molar refractivity (Wildman–Crippen MR) is 111 cm³/mol. The number of fused-ring (bicyclic) bond motifs is 2. The van der Waals surface area contributed by atoms with Gasteiger partial charge in [0.25, 0.3) is 0 Å². The first kappa shape index (κ1) is 18.0. The number of hydrogen-bond donors (Lipinski definition) is 2. The molecular weight excluding hydrogens is 371 g/mol. The Hall–Kier alpha value is -3.02. The van der Waals surface area contributed by atoms with Gasteiger partial charge in [-0.15, -0.1) is 0 Å². The quantitative estimate of drug-likeness (QED) is 0.636. The minimum Gasteiger partial charge on any atom is -0.453 e. The molecule has 2 N–H and O–H groups in total. The van der Waals surface area contributed by atoms with E-state index < -0.39 is 11.2 Å². The van der Waals surface area contributed by atoms with E-state index in [1.165, 1.54) is 6.07 Å². The van der Waals surface area contributed by atoms with Gasteiger partial charge in [0.1, 0.15) is 0 Å². The molecule has 0 radical (unpaired) electrons. The highest BCUT2D eigenvalue weighted by Gasteiger charge is 2.52. The van der Waals surface area contributed by atoms with Crippen molar-refractivity contribution in [1.29, 1.82) is 0 Å². The second-order valence-electron chi connectivity index (χ2n) is 8.96. The highest BCUT2D eigenvalue weighted by molar-refractivity contribution is 6.02. The number of amides is 1. The largest absolute Gasteiger partial charge is 0.453 e. The molecule has 5 rings (SSSR count). The van der Waals surface area contributed by atoms with Gasteiger partial charge in [-0.1, -0.05) is 20.8 Å². The van der Waals surface area contributed by atoms with Crippen LogP contribution in [0.1, 0.15) is 46.3 Å². The van der Waals surface area contributed by atoms with Gasteiger partial charge in [0.2, 0.25) is 18.4 Å². The monoisotopic (exact) mass is 396 g/mol. The summed E-state index contributed by atoms with van der Waals surface area (Å²) in [6.45, 7) is 6.47. The average Bonchev–Trinajstić information content (AvgIpc) is 3.13. The summed E-state index contributed by atoms with van der Waals surface area (Å²) in [5.41, 5.74) is 2.84. The van der Waals surface area contributed by atoms with Gasteiger partial charge in [-0.2, -0.15) is 0 Å². The van der Waals surface area contributed by atoms with E-state index in [0.29, 0.717) is 24.2 Å². The Balaban J connectivity index is 0.00000218. The number of nitrogens with one attached hydrogen (secondary N) is 2. The number of benzene rings is 2. The SMILES string of the molecule is CC(C)(C)c1cc2cc(NC(=O)C3(c4cc(F)c5c(c4)OCO5)CC3)ccc2[nH]1.[HH]. The highest BCUT2D eigenvalue weighted by atomic mass is 19.1. The zero-order valence-corrected chi connectivity index (χ0v) is 16.7. The maximum absolute atomic E-state index is 14.3. The van der Waals surface area contributed by atoms with Crippen LogP contribution in [-0.2, 0) is 15.6 Å². The van der Waals surface area contributed by atoms with E-state index in [0.717, 1.165) is 22.3 Å². The van der Waals surface area contributed by atoms with Crippen LogP contribution in [0, 0.1) is 5.82 Å². The van der Waals surface area contributed by atoms with Crippen LogP contribution in [0.3, 0.4) is 0 Å². The molecule has 0 unspecified atom stereocenters. The van der Waals surface area contributed by atoms with Gasteiger partial charge >= 0.3 is 0 Å². The topological polar surface area (TPSA) is 63.4 Å². The molecule has 6 heteroatoms. The molecule has 1 aliphatic heterocycles. The molecule has 0 saturated heterocycles. The van der Waals surface area contributed by atoms with E-state index in [2.05, 4.69) is 37.1 Å². The molecule has 0 spiro atoms. The van der Waals surface area contributed by atoms with E-state index in [9.17, 15) is 9.18 Å². The van der Waals surface area contributed by atoms with Crippen LogP contribution in [0.25, 0.3) is 10.9 Å². The Bertz CT molecular complexity index is 1150. The molecule has 2 aromatic carbocycles. The fraction of sp³-hybridized carbons (Fsp3) is 0.348. The number of hydrogen-bond acceptors (Lipinski definition) is 3. The molecule has 0 atom stereocenters. The first-order valence-electron chi connectivity index (χ1n) is 9.81. The van der Waals surface area contributed by atoms with Crippen LogP contribution in [0.2, 0.25) is 0 Å². The number of anilines is 1. The molecule has 29 heavy (non-hydrogen) atoms. The van der Waals surface area contributed by atoms with E-state index >= 15 is 0 Å². The van der Waals surface area contributed by atoms with E-state index in [1.54, 1.807) is 6.07 Å². The third-order valence-electron chi connectivity index (χ3n) is 5.85. The molecule has 1 aliphatic carbocycles. The lowest BCUT2D eigenvalue weighted by Crippen LogP contribution is -2.27. The molecule has 1 aromatic heterocycles. The van der Waals surface area contributed by atoms with Crippen molar-refractivity contribution in [3.05, 3.63) is 53.5 Å². The smallest absolute Gasteiger partial charge is 0.235 e. The van der Waals surface area contributed by atoms with E-state index in [4.69, 9.17) is 9.47 Å². The zero-order valence-electron chi connectivity index (χ0n) is 16.7. The number of carbonyl (C=O) groups excluding carboxylic acids is 1. The van der Waals surface area contributed by atoms with Crippen LogP contribution in [0.15, 0.2) is 36.4 Å². The number of rotatable bonds is 3. The lowest BCUT2D eigenvalue weighted by atomic mass is 9.92. The fourth-order valence-corrected chi connectivity index (χ4v) is 3.88. The molecule has 5 nitrogen and oxygen atoms in total. The van der Waals surface area contributed by atoms with Crippen LogP contribution in [0.4, 0.5) is 10.1 Å². The number of ether oxygens (including phenoxy) is 2. The maximum Gasteiger partial charge on any atom is 0.235 e. The Kier molecular flexibility index (Phi) is 3.72. The Morgan fingerprint density at radius 2 is 1.97 bits per heavy atom. The summed E-state index contributed by atoms with van der Waals surface area (Å²) in [7, 11) is 0.